The highest BCUT2D eigenvalue weighted by Crippen LogP contribution is 2.44. The monoisotopic (exact) mass is 410 g/mol. The Morgan fingerprint density at radius 1 is 0.700 bits per heavy atom. The minimum atomic E-state index is -0.0809. The number of aromatic hydroxyl groups is 2. The third-order valence-corrected chi connectivity index (χ3v) is 6.87. The maximum Gasteiger partial charge on any atom is 0.121 e. The van der Waals surface area contributed by atoms with E-state index in [4.69, 9.17) is 0 Å². The van der Waals surface area contributed by atoms with E-state index in [1.807, 2.05) is 27.7 Å². The summed E-state index contributed by atoms with van der Waals surface area (Å²) in [5, 5.41) is 20.6. The van der Waals surface area contributed by atoms with Crippen LogP contribution in [-0.2, 0) is 5.41 Å². The first kappa shape index (κ1) is 24.3. The molecule has 0 aliphatic heterocycles. The molecule has 0 aromatic heterocycles. The second-order valence-electron chi connectivity index (χ2n) is 9.79. The normalized spacial score (nSPS) is 12.9. The summed E-state index contributed by atoms with van der Waals surface area (Å²) in [6.45, 7) is 14.9. The standard InChI is InChI=1S/C28H42O2/c1-8-9-10-11-12-13-14-25(23-15-19(2)26(29)20(3)16-23)28(6,7)24-17-21(4)27(30)22(5)18-24/h15-18,25,29-30H,8-14H2,1-7H3. The van der Waals surface area contributed by atoms with Gasteiger partial charge < -0.3 is 10.2 Å². The van der Waals surface area contributed by atoms with Crippen molar-refractivity contribution in [2.45, 2.75) is 105 Å². The molecule has 166 valence electrons. The minimum Gasteiger partial charge on any atom is -0.507 e. The van der Waals surface area contributed by atoms with Gasteiger partial charge in [-0.3, -0.25) is 0 Å². The predicted octanol–water partition coefficient (Wildman–Crippen LogP) is 8.14. The maximum atomic E-state index is 10.3. The molecule has 2 rings (SSSR count). The molecule has 30 heavy (non-hydrogen) atoms. The number of rotatable bonds is 10. The lowest BCUT2D eigenvalue weighted by molar-refractivity contribution is 0.373. The molecule has 1 atom stereocenters. The van der Waals surface area contributed by atoms with Crippen molar-refractivity contribution in [2.75, 3.05) is 0 Å². The topological polar surface area (TPSA) is 40.5 Å². The number of phenolic OH excluding ortho intramolecular Hbond substituents is 2. The van der Waals surface area contributed by atoms with Gasteiger partial charge in [0.05, 0.1) is 0 Å². The van der Waals surface area contributed by atoms with Crippen molar-refractivity contribution in [3.63, 3.8) is 0 Å². The molecule has 2 aromatic carbocycles. The van der Waals surface area contributed by atoms with Crippen molar-refractivity contribution in [3.05, 3.63) is 57.6 Å². The van der Waals surface area contributed by atoms with Gasteiger partial charge in [-0.1, -0.05) is 83.6 Å². The highest BCUT2D eigenvalue weighted by atomic mass is 16.3. The minimum absolute atomic E-state index is 0.0809. The largest absolute Gasteiger partial charge is 0.507 e. The molecule has 0 aliphatic carbocycles. The Morgan fingerprint density at radius 3 is 1.63 bits per heavy atom. The molecule has 0 amide bonds. The van der Waals surface area contributed by atoms with Gasteiger partial charge in [0.1, 0.15) is 11.5 Å². The lowest BCUT2D eigenvalue weighted by Crippen LogP contribution is -2.27. The van der Waals surface area contributed by atoms with Crippen LogP contribution in [0.5, 0.6) is 11.5 Å². The van der Waals surface area contributed by atoms with Gasteiger partial charge in [0.25, 0.3) is 0 Å². The zero-order chi connectivity index (χ0) is 22.5. The third kappa shape index (κ3) is 5.59. The molecule has 0 saturated carbocycles. The van der Waals surface area contributed by atoms with Crippen molar-refractivity contribution in [1.29, 1.82) is 0 Å². The summed E-state index contributed by atoms with van der Waals surface area (Å²) in [5.41, 5.74) is 6.28. The summed E-state index contributed by atoms with van der Waals surface area (Å²) in [7, 11) is 0. The van der Waals surface area contributed by atoms with Gasteiger partial charge in [0, 0.05) is 0 Å². The number of aryl methyl sites for hydroxylation is 4. The molecule has 2 aromatic rings. The van der Waals surface area contributed by atoms with Gasteiger partial charge in [0.2, 0.25) is 0 Å². The molecule has 2 heteroatoms. The molecule has 0 bridgehead atoms. The highest BCUT2D eigenvalue weighted by molar-refractivity contribution is 5.48. The van der Waals surface area contributed by atoms with E-state index in [0.717, 1.165) is 28.7 Å². The van der Waals surface area contributed by atoms with Crippen LogP contribution < -0.4 is 0 Å². The summed E-state index contributed by atoms with van der Waals surface area (Å²) in [4.78, 5) is 0. The van der Waals surface area contributed by atoms with E-state index in [1.165, 1.54) is 49.7 Å². The van der Waals surface area contributed by atoms with Crippen LogP contribution in [0.25, 0.3) is 0 Å². The third-order valence-electron chi connectivity index (χ3n) is 6.87. The Hall–Kier alpha value is -1.96. The fourth-order valence-electron chi connectivity index (χ4n) is 4.79. The van der Waals surface area contributed by atoms with E-state index in [-0.39, 0.29) is 5.41 Å². The Labute approximate surface area is 184 Å². The molecule has 0 saturated heterocycles. The lowest BCUT2D eigenvalue weighted by Gasteiger charge is -2.37. The van der Waals surface area contributed by atoms with Crippen molar-refractivity contribution >= 4 is 0 Å². The fraction of sp³-hybridized carbons (Fsp3) is 0.571. The molecule has 1 unspecified atom stereocenters. The zero-order valence-corrected chi connectivity index (χ0v) is 20.2. The maximum absolute atomic E-state index is 10.3. The van der Waals surface area contributed by atoms with Gasteiger partial charge >= 0.3 is 0 Å². The van der Waals surface area contributed by atoms with E-state index >= 15 is 0 Å². The van der Waals surface area contributed by atoms with Crippen LogP contribution in [0.4, 0.5) is 0 Å². The number of phenols is 2. The quantitative estimate of drug-likeness (QED) is 0.388. The molecule has 0 radical (unpaired) electrons. The molecule has 2 N–H and O–H groups in total. The van der Waals surface area contributed by atoms with Crippen molar-refractivity contribution in [3.8, 4) is 11.5 Å². The Morgan fingerprint density at radius 2 is 1.13 bits per heavy atom. The van der Waals surface area contributed by atoms with E-state index in [0.29, 0.717) is 17.4 Å². The van der Waals surface area contributed by atoms with Crippen LogP contribution in [-0.4, -0.2) is 10.2 Å². The van der Waals surface area contributed by atoms with Crippen molar-refractivity contribution in [2.24, 2.45) is 0 Å². The van der Waals surface area contributed by atoms with Crippen LogP contribution >= 0.6 is 0 Å². The Bertz CT molecular complexity index is 802. The van der Waals surface area contributed by atoms with Crippen LogP contribution in [0.1, 0.15) is 105 Å². The van der Waals surface area contributed by atoms with Crippen LogP contribution in [0, 0.1) is 27.7 Å². The van der Waals surface area contributed by atoms with Crippen molar-refractivity contribution < 1.29 is 10.2 Å². The molecule has 2 nitrogen and oxygen atoms in total. The van der Waals surface area contributed by atoms with Gasteiger partial charge in [-0.25, -0.2) is 0 Å². The smallest absolute Gasteiger partial charge is 0.121 e. The van der Waals surface area contributed by atoms with E-state index in [1.54, 1.807) is 0 Å². The summed E-state index contributed by atoms with van der Waals surface area (Å²) >= 11 is 0. The second kappa shape index (κ2) is 10.4. The first-order valence-corrected chi connectivity index (χ1v) is 11.7. The summed E-state index contributed by atoms with van der Waals surface area (Å²) in [6, 6.07) is 8.64. The SMILES string of the molecule is CCCCCCCCC(c1cc(C)c(O)c(C)c1)C(C)(C)c1cc(C)c(O)c(C)c1. The van der Waals surface area contributed by atoms with Crippen LogP contribution in [0.3, 0.4) is 0 Å². The van der Waals surface area contributed by atoms with Crippen LogP contribution in [0.15, 0.2) is 24.3 Å². The molecular weight excluding hydrogens is 368 g/mol. The van der Waals surface area contributed by atoms with Gasteiger partial charge in [-0.15, -0.1) is 0 Å². The summed E-state index contributed by atoms with van der Waals surface area (Å²) in [6.07, 6.45) is 8.87. The van der Waals surface area contributed by atoms with E-state index in [9.17, 15) is 10.2 Å². The zero-order valence-electron chi connectivity index (χ0n) is 20.2. The van der Waals surface area contributed by atoms with E-state index < -0.39 is 0 Å². The molecule has 0 heterocycles. The van der Waals surface area contributed by atoms with E-state index in [2.05, 4.69) is 45.0 Å². The first-order valence-electron chi connectivity index (χ1n) is 11.7. The molecule has 0 fully saturated rings. The Balaban J connectivity index is 2.39. The molecule has 0 spiro atoms. The van der Waals surface area contributed by atoms with Gasteiger partial charge in [-0.2, -0.15) is 0 Å². The number of unbranched alkanes of at least 4 members (excludes halogenated alkanes) is 5. The molecule has 0 aliphatic rings. The first-order chi connectivity index (χ1) is 14.1. The number of benzene rings is 2. The number of hydrogen-bond donors (Lipinski definition) is 2. The average molecular weight is 411 g/mol. The van der Waals surface area contributed by atoms with Gasteiger partial charge in [0.15, 0.2) is 0 Å². The number of hydrogen-bond acceptors (Lipinski definition) is 2. The Kier molecular flexibility index (Phi) is 8.41. The summed E-state index contributed by atoms with van der Waals surface area (Å²) in [5.74, 6) is 1.16. The van der Waals surface area contributed by atoms with Crippen molar-refractivity contribution in [1.82, 2.24) is 0 Å². The average Bonchev–Trinajstić information content (AvgIpc) is 2.68. The van der Waals surface area contributed by atoms with Crippen LogP contribution in [0.2, 0.25) is 0 Å². The highest BCUT2D eigenvalue weighted by Gasteiger charge is 2.33. The second-order valence-corrected chi connectivity index (χ2v) is 9.79. The summed E-state index contributed by atoms with van der Waals surface area (Å²) < 4.78 is 0. The fourth-order valence-corrected chi connectivity index (χ4v) is 4.79. The lowest BCUT2D eigenvalue weighted by atomic mass is 9.67. The molecular formula is C28H42O2. The predicted molar refractivity (Wildman–Crippen MR) is 129 cm³/mol. The van der Waals surface area contributed by atoms with Gasteiger partial charge in [-0.05, 0) is 78.8 Å².